The Hall–Kier alpha value is -1.23. The molecule has 0 N–H and O–H groups in total. The van der Waals surface area contributed by atoms with E-state index in [-0.39, 0.29) is 18.8 Å². The molecule has 1 amide bonds. The lowest BCUT2D eigenvalue weighted by Gasteiger charge is -2.32. The molecule has 0 bridgehead atoms. The summed E-state index contributed by atoms with van der Waals surface area (Å²) in [5.74, 6) is -0.729. The van der Waals surface area contributed by atoms with Gasteiger partial charge in [-0.1, -0.05) is 29.8 Å². The summed E-state index contributed by atoms with van der Waals surface area (Å²) in [4.78, 5) is 12.4. The maximum atomic E-state index is 13.0. The predicted octanol–water partition coefficient (Wildman–Crippen LogP) is 3.95. The number of carbonyl (C=O) groups is 1. The first-order valence-electron chi connectivity index (χ1n) is 6.71. The molecule has 0 heterocycles. The number of rotatable bonds is 6. The zero-order valence-corrected chi connectivity index (χ0v) is 12.8. The van der Waals surface area contributed by atoms with Crippen molar-refractivity contribution in [3.05, 3.63) is 35.4 Å². The summed E-state index contributed by atoms with van der Waals surface area (Å²) in [6.45, 7) is 3.12. The predicted molar refractivity (Wildman–Crippen MR) is 77.5 cm³/mol. The van der Waals surface area contributed by atoms with Crippen LogP contribution in [-0.2, 0) is 11.2 Å². The Morgan fingerprint density at radius 1 is 1.29 bits per heavy atom. The molecule has 0 fully saturated rings. The maximum Gasteiger partial charge on any atom is 0.408 e. The van der Waals surface area contributed by atoms with E-state index in [2.05, 4.69) is 0 Å². The van der Waals surface area contributed by atoms with Crippen LogP contribution in [0.15, 0.2) is 24.3 Å². The van der Waals surface area contributed by atoms with Gasteiger partial charge in [0.2, 0.25) is 5.91 Å². The molecule has 0 aliphatic carbocycles. The topological polar surface area (TPSA) is 20.3 Å². The second kappa shape index (κ2) is 7.69. The van der Waals surface area contributed by atoms with E-state index in [4.69, 9.17) is 11.6 Å². The van der Waals surface area contributed by atoms with Gasteiger partial charge in [0.15, 0.2) is 0 Å². The van der Waals surface area contributed by atoms with Crippen molar-refractivity contribution < 1.29 is 18.0 Å². The molecule has 21 heavy (non-hydrogen) atoms. The quantitative estimate of drug-likeness (QED) is 0.727. The molecule has 2 nitrogen and oxygen atoms in total. The molecule has 1 aromatic rings. The van der Waals surface area contributed by atoms with Crippen molar-refractivity contribution >= 4 is 17.5 Å². The fourth-order valence-corrected chi connectivity index (χ4v) is 2.34. The highest BCUT2D eigenvalue weighted by Crippen LogP contribution is 2.28. The van der Waals surface area contributed by atoms with Gasteiger partial charge in [0.05, 0.1) is 0 Å². The highest BCUT2D eigenvalue weighted by Gasteiger charge is 2.43. The molecular weight excluding hydrogens is 303 g/mol. The lowest BCUT2D eigenvalue weighted by molar-refractivity contribution is -0.189. The lowest BCUT2D eigenvalue weighted by Crippen LogP contribution is -2.49. The van der Waals surface area contributed by atoms with Crippen LogP contribution in [0.25, 0.3) is 0 Å². The minimum absolute atomic E-state index is 0.0272. The van der Waals surface area contributed by atoms with Gasteiger partial charge in [0, 0.05) is 19.3 Å². The number of hydrogen-bond donors (Lipinski definition) is 0. The summed E-state index contributed by atoms with van der Waals surface area (Å²) < 4.78 is 39.1. The molecule has 118 valence electrons. The molecule has 0 saturated heterocycles. The zero-order valence-electron chi connectivity index (χ0n) is 12.1. The smallest absolute Gasteiger partial charge is 0.330 e. The second-order valence-electron chi connectivity index (χ2n) is 4.98. The third-order valence-electron chi connectivity index (χ3n) is 3.30. The van der Waals surface area contributed by atoms with E-state index < -0.39 is 18.1 Å². The van der Waals surface area contributed by atoms with Gasteiger partial charge >= 0.3 is 6.18 Å². The summed E-state index contributed by atoms with van der Waals surface area (Å²) >= 11 is 5.45. The second-order valence-corrected chi connectivity index (χ2v) is 5.36. The number of amides is 1. The van der Waals surface area contributed by atoms with Gasteiger partial charge in [-0.25, -0.2) is 0 Å². The van der Waals surface area contributed by atoms with Crippen LogP contribution in [0.3, 0.4) is 0 Å². The highest BCUT2D eigenvalue weighted by molar-refractivity contribution is 6.17. The molecule has 0 aromatic heterocycles. The highest BCUT2D eigenvalue weighted by atomic mass is 35.5. The first-order valence-corrected chi connectivity index (χ1v) is 7.24. The Morgan fingerprint density at radius 3 is 2.29 bits per heavy atom. The monoisotopic (exact) mass is 321 g/mol. The van der Waals surface area contributed by atoms with Crippen molar-refractivity contribution in [1.29, 1.82) is 0 Å². The molecule has 1 aromatic carbocycles. The van der Waals surface area contributed by atoms with Gasteiger partial charge in [-0.05, 0) is 25.3 Å². The van der Waals surface area contributed by atoms with Crippen molar-refractivity contribution in [2.45, 2.75) is 38.9 Å². The molecule has 0 aliphatic rings. The molecule has 0 spiro atoms. The van der Waals surface area contributed by atoms with E-state index in [0.717, 1.165) is 23.0 Å². The zero-order chi connectivity index (χ0) is 16.0. The maximum absolute atomic E-state index is 13.0. The minimum atomic E-state index is -4.46. The van der Waals surface area contributed by atoms with Gasteiger partial charge in [-0.3, -0.25) is 4.79 Å². The molecule has 6 heteroatoms. The van der Waals surface area contributed by atoms with Crippen LogP contribution in [0, 0.1) is 6.92 Å². The third kappa shape index (κ3) is 5.58. The van der Waals surface area contributed by atoms with E-state index in [1.807, 2.05) is 31.2 Å². The van der Waals surface area contributed by atoms with Gasteiger partial charge in [-0.15, -0.1) is 11.6 Å². The number of hydrogen-bond acceptors (Lipinski definition) is 1. The largest absolute Gasteiger partial charge is 0.408 e. The van der Waals surface area contributed by atoms with Gasteiger partial charge in [0.25, 0.3) is 0 Å². The molecule has 0 radical (unpaired) electrons. The fraction of sp³-hybridized carbons (Fsp3) is 0.533. The van der Waals surface area contributed by atoms with Gasteiger partial charge in [0.1, 0.15) is 6.04 Å². The summed E-state index contributed by atoms with van der Waals surface area (Å²) in [6, 6.07) is 5.69. The first kappa shape index (κ1) is 17.8. The van der Waals surface area contributed by atoms with Crippen molar-refractivity contribution in [1.82, 2.24) is 4.90 Å². The molecular formula is C15H19ClF3NO. The van der Waals surface area contributed by atoms with E-state index >= 15 is 0 Å². The van der Waals surface area contributed by atoms with Gasteiger partial charge < -0.3 is 4.90 Å². The van der Waals surface area contributed by atoms with Crippen LogP contribution in [0.2, 0.25) is 0 Å². The normalized spacial score (nSPS) is 13.0. The Morgan fingerprint density at radius 2 is 1.86 bits per heavy atom. The fourth-order valence-electron chi connectivity index (χ4n) is 2.14. The van der Waals surface area contributed by atoms with Crippen molar-refractivity contribution in [2.75, 3.05) is 12.4 Å². The number of alkyl halides is 4. The van der Waals surface area contributed by atoms with Crippen LogP contribution in [0.5, 0.6) is 0 Å². The van der Waals surface area contributed by atoms with E-state index in [1.165, 1.54) is 0 Å². The molecule has 1 atom stereocenters. The van der Waals surface area contributed by atoms with Crippen LogP contribution in [0.1, 0.15) is 24.5 Å². The van der Waals surface area contributed by atoms with E-state index in [0.29, 0.717) is 6.42 Å². The van der Waals surface area contributed by atoms with Gasteiger partial charge in [-0.2, -0.15) is 13.2 Å². The van der Waals surface area contributed by atoms with Crippen molar-refractivity contribution in [3.8, 4) is 0 Å². The molecule has 0 aliphatic heterocycles. The summed E-state index contributed by atoms with van der Waals surface area (Å²) in [7, 11) is 0. The SMILES string of the molecule is CC(=O)N(CCc1ccc(C)cc1)C(CCCl)C(F)(F)F. The lowest BCUT2D eigenvalue weighted by atomic mass is 10.1. The Balaban J connectivity index is 2.80. The van der Waals surface area contributed by atoms with Crippen LogP contribution in [0.4, 0.5) is 13.2 Å². The molecule has 1 rings (SSSR count). The number of carbonyl (C=O) groups excluding carboxylic acids is 1. The van der Waals surface area contributed by atoms with Crippen molar-refractivity contribution in [3.63, 3.8) is 0 Å². The molecule has 1 unspecified atom stereocenters. The Kier molecular flexibility index (Phi) is 6.52. The summed E-state index contributed by atoms with van der Waals surface area (Å²) in [6.07, 6.45) is -4.37. The first-order chi connectivity index (χ1) is 9.75. The number of nitrogens with zero attached hydrogens (tertiary/aromatic N) is 1. The summed E-state index contributed by atoms with van der Waals surface area (Å²) in [5.41, 5.74) is 1.98. The van der Waals surface area contributed by atoms with Crippen LogP contribution >= 0.6 is 11.6 Å². The van der Waals surface area contributed by atoms with E-state index in [9.17, 15) is 18.0 Å². The Labute approximate surface area is 127 Å². The average molecular weight is 322 g/mol. The van der Waals surface area contributed by atoms with Crippen molar-refractivity contribution in [2.24, 2.45) is 0 Å². The van der Waals surface area contributed by atoms with E-state index in [1.54, 1.807) is 0 Å². The number of benzene rings is 1. The minimum Gasteiger partial charge on any atom is -0.330 e. The number of halogens is 4. The van der Waals surface area contributed by atoms with Crippen LogP contribution < -0.4 is 0 Å². The van der Waals surface area contributed by atoms with Crippen LogP contribution in [-0.4, -0.2) is 35.4 Å². The third-order valence-corrected chi connectivity index (χ3v) is 3.52. The average Bonchev–Trinajstić information content (AvgIpc) is 2.38. The summed E-state index contributed by atoms with van der Waals surface area (Å²) in [5, 5.41) is 0. The number of aryl methyl sites for hydroxylation is 1. The molecule has 0 saturated carbocycles. The standard InChI is InChI=1S/C15H19ClF3NO/c1-11-3-5-13(6-4-11)8-10-20(12(2)21)14(7-9-16)15(17,18)19/h3-6,14H,7-10H2,1-2H3. The Bertz CT molecular complexity index is 459.